The van der Waals surface area contributed by atoms with Gasteiger partial charge in [-0.15, -0.1) is 0 Å². The Balaban J connectivity index is 2.30. The van der Waals surface area contributed by atoms with Gasteiger partial charge >= 0.3 is 0 Å². The largest absolute Gasteiger partial charge is 0.496 e. The van der Waals surface area contributed by atoms with Crippen molar-refractivity contribution < 1.29 is 13.9 Å². The first kappa shape index (κ1) is 14.0. The molecule has 0 fully saturated rings. The summed E-state index contributed by atoms with van der Waals surface area (Å²) in [6.45, 7) is 0. The third kappa shape index (κ3) is 2.37. The maximum atomic E-state index is 12.4. The van der Waals surface area contributed by atoms with Crippen LogP contribution in [0.15, 0.2) is 51.7 Å². The molecule has 0 radical (unpaired) electrons. The summed E-state index contributed by atoms with van der Waals surface area (Å²) in [6, 6.07) is 11.9. The van der Waals surface area contributed by atoms with Crippen LogP contribution < -0.4 is 20.6 Å². The lowest BCUT2D eigenvalue weighted by atomic mass is 10.1. The van der Waals surface area contributed by atoms with Crippen molar-refractivity contribution in [2.45, 2.75) is 0 Å². The summed E-state index contributed by atoms with van der Waals surface area (Å²) in [5.74, 6) is 1.42. The molecule has 112 valence electrons. The number of ether oxygens (including phenoxy) is 2. The van der Waals surface area contributed by atoms with Crippen molar-refractivity contribution in [3.8, 4) is 22.8 Å². The topological polar surface area (TPSA) is 74.7 Å². The molecule has 2 N–H and O–H groups in total. The van der Waals surface area contributed by atoms with Crippen LogP contribution in [0, 0.1) is 0 Å². The standard InChI is InChI=1S/C17H15NO4/c1-20-12-7-15(21-2)17-13(19)9-14(22-16(17)8-12)10-4-3-5-11(18)6-10/h3-9H,18H2,1-2H3. The fourth-order valence-electron chi connectivity index (χ4n) is 2.34. The molecule has 0 aliphatic carbocycles. The first-order chi connectivity index (χ1) is 10.6. The van der Waals surface area contributed by atoms with Gasteiger partial charge < -0.3 is 19.6 Å². The zero-order chi connectivity index (χ0) is 15.7. The molecule has 22 heavy (non-hydrogen) atoms. The molecule has 0 atom stereocenters. The average molecular weight is 297 g/mol. The number of methoxy groups -OCH3 is 2. The van der Waals surface area contributed by atoms with Crippen LogP contribution in [0.5, 0.6) is 11.5 Å². The first-order valence-electron chi connectivity index (χ1n) is 6.68. The van der Waals surface area contributed by atoms with Crippen molar-refractivity contribution in [1.29, 1.82) is 0 Å². The fourth-order valence-corrected chi connectivity index (χ4v) is 2.34. The van der Waals surface area contributed by atoms with E-state index in [9.17, 15) is 4.79 Å². The number of nitrogens with two attached hydrogens (primary N) is 1. The number of fused-ring (bicyclic) bond motifs is 1. The summed E-state index contributed by atoms with van der Waals surface area (Å²) in [6.07, 6.45) is 0. The second-order valence-electron chi connectivity index (χ2n) is 4.80. The Labute approximate surface area is 126 Å². The van der Waals surface area contributed by atoms with Crippen LogP contribution in [0.25, 0.3) is 22.3 Å². The van der Waals surface area contributed by atoms with Crippen molar-refractivity contribution in [1.82, 2.24) is 0 Å². The summed E-state index contributed by atoms with van der Waals surface area (Å²) in [5.41, 5.74) is 7.34. The van der Waals surface area contributed by atoms with Gasteiger partial charge in [0.05, 0.1) is 14.2 Å². The Morgan fingerprint density at radius 3 is 2.55 bits per heavy atom. The highest BCUT2D eigenvalue weighted by atomic mass is 16.5. The van der Waals surface area contributed by atoms with E-state index in [0.717, 1.165) is 5.56 Å². The first-order valence-corrected chi connectivity index (χ1v) is 6.68. The minimum Gasteiger partial charge on any atom is -0.496 e. The second-order valence-corrected chi connectivity index (χ2v) is 4.80. The Morgan fingerprint density at radius 2 is 1.86 bits per heavy atom. The van der Waals surface area contributed by atoms with Crippen LogP contribution >= 0.6 is 0 Å². The van der Waals surface area contributed by atoms with Crippen LogP contribution in [0.2, 0.25) is 0 Å². The maximum Gasteiger partial charge on any atom is 0.197 e. The summed E-state index contributed by atoms with van der Waals surface area (Å²) >= 11 is 0. The third-order valence-electron chi connectivity index (χ3n) is 3.39. The van der Waals surface area contributed by atoms with Gasteiger partial charge in [0.1, 0.15) is 28.2 Å². The van der Waals surface area contributed by atoms with Gasteiger partial charge in [-0.3, -0.25) is 4.79 Å². The SMILES string of the molecule is COc1cc(OC)c2c(=O)cc(-c3cccc(N)c3)oc2c1. The van der Waals surface area contributed by atoms with E-state index < -0.39 is 0 Å². The lowest BCUT2D eigenvalue weighted by molar-refractivity contribution is 0.396. The normalized spacial score (nSPS) is 10.6. The number of hydrogen-bond donors (Lipinski definition) is 1. The smallest absolute Gasteiger partial charge is 0.197 e. The molecule has 0 amide bonds. The summed E-state index contributed by atoms with van der Waals surface area (Å²) in [4.78, 5) is 12.4. The predicted molar refractivity (Wildman–Crippen MR) is 85.4 cm³/mol. The maximum absolute atomic E-state index is 12.4. The summed E-state index contributed by atoms with van der Waals surface area (Å²) in [7, 11) is 3.04. The number of benzene rings is 2. The Kier molecular flexibility index (Phi) is 3.47. The summed E-state index contributed by atoms with van der Waals surface area (Å²) < 4.78 is 16.3. The zero-order valence-corrected chi connectivity index (χ0v) is 12.3. The van der Waals surface area contributed by atoms with E-state index in [2.05, 4.69) is 0 Å². The minimum atomic E-state index is -0.182. The van der Waals surface area contributed by atoms with E-state index >= 15 is 0 Å². The fraction of sp³-hybridized carbons (Fsp3) is 0.118. The molecule has 0 bridgehead atoms. The average Bonchev–Trinajstić information content (AvgIpc) is 2.53. The number of nitrogen functional groups attached to an aromatic ring is 1. The molecule has 0 aliphatic heterocycles. The van der Waals surface area contributed by atoms with Gasteiger partial charge in [0, 0.05) is 29.4 Å². The van der Waals surface area contributed by atoms with Crippen molar-refractivity contribution >= 4 is 16.7 Å². The van der Waals surface area contributed by atoms with Crippen molar-refractivity contribution in [3.63, 3.8) is 0 Å². The zero-order valence-electron chi connectivity index (χ0n) is 12.3. The molecule has 1 aromatic heterocycles. The highest BCUT2D eigenvalue weighted by molar-refractivity contribution is 5.86. The van der Waals surface area contributed by atoms with Gasteiger partial charge in [-0.05, 0) is 12.1 Å². The lowest BCUT2D eigenvalue weighted by Crippen LogP contribution is -2.03. The molecule has 0 unspecified atom stereocenters. The van der Waals surface area contributed by atoms with E-state index in [1.165, 1.54) is 13.2 Å². The highest BCUT2D eigenvalue weighted by Crippen LogP contribution is 2.31. The number of rotatable bonds is 3. The minimum absolute atomic E-state index is 0.182. The van der Waals surface area contributed by atoms with Crippen molar-refractivity contribution in [3.05, 3.63) is 52.7 Å². The number of anilines is 1. The van der Waals surface area contributed by atoms with Gasteiger partial charge in [0.25, 0.3) is 0 Å². The van der Waals surface area contributed by atoms with E-state index in [4.69, 9.17) is 19.6 Å². The third-order valence-corrected chi connectivity index (χ3v) is 3.39. The Hall–Kier alpha value is -2.95. The van der Waals surface area contributed by atoms with Gasteiger partial charge in [-0.25, -0.2) is 0 Å². The Bertz CT molecular complexity index is 899. The van der Waals surface area contributed by atoms with Gasteiger partial charge in [0.15, 0.2) is 5.43 Å². The molecule has 0 aliphatic rings. The van der Waals surface area contributed by atoms with Crippen molar-refractivity contribution in [2.24, 2.45) is 0 Å². The molecule has 3 rings (SSSR count). The van der Waals surface area contributed by atoms with Crippen LogP contribution in [-0.2, 0) is 0 Å². The molecule has 3 aromatic rings. The number of hydrogen-bond acceptors (Lipinski definition) is 5. The van der Waals surface area contributed by atoms with Crippen LogP contribution in [0.1, 0.15) is 0 Å². The highest BCUT2D eigenvalue weighted by Gasteiger charge is 2.13. The van der Waals surface area contributed by atoms with Crippen LogP contribution in [0.4, 0.5) is 5.69 Å². The van der Waals surface area contributed by atoms with E-state index in [-0.39, 0.29) is 5.43 Å². The second kappa shape index (κ2) is 5.44. The van der Waals surface area contributed by atoms with E-state index in [1.54, 1.807) is 37.4 Å². The van der Waals surface area contributed by atoms with Crippen LogP contribution in [0.3, 0.4) is 0 Å². The molecule has 2 aromatic carbocycles. The lowest BCUT2D eigenvalue weighted by Gasteiger charge is -2.09. The molecule has 5 heteroatoms. The molecule has 0 spiro atoms. The van der Waals surface area contributed by atoms with Gasteiger partial charge in [0.2, 0.25) is 0 Å². The van der Waals surface area contributed by atoms with Crippen molar-refractivity contribution in [2.75, 3.05) is 20.0 Å². The van der Waals surface area contributed by atoms with Gasteiger partial charge in [-0.1, -0.05) is 12.1 Å². The van der Waals surface area contributed by atoms with E-state index in [0.29, 0.717) is 33.9 Å². The predicted octanol–water partition coefficient (Wildman–Crippen LogP) is 3.06. The molecule has 0 saturated heterocycles. The van der Waals surface area contributed by atoms with E-state index in [1.807, 2.05) is 6.07 Å². The molecular weight excluding hydrogens is 282 g/mol. The molecule has 0 saturated carbocycles. The quantitative estimate of drug-likeness (QED) is 0.752. The van der Waals surface area contributed by atoms with Gasteiger partial charge in [-0.2, -0.15) is 0 Å². The molecule has 5 nitrogen and oxygen atoms in total. The molecule has 1 heterocycles. The monoisotopic (exact) mass is 297 g/mol. The summed E-state index contributed by atoms with van der Waals surface area (Å²) in [5, 5.41) is 0.385. The Morgan fingerprint density at radius 1 is 1.05 bits per heavy atom. The molecular formula is C17H15NO4. The van der Waals surface area contributed by atoms with Crippen LogP contribution in [-0.4, -0.2) is 14.2 Å².